The lowest BCUT2D eigenvalue weighted by molar-refractivity contribution is 1.34. The minimum absolute atomic E-state index is 0.0457. The van der Waals surface area contributed by atoms with Crippen molar-refractivity contribution in [1.29, 1.82) is 0 Å². The summed E-state index contributed by atoms with van der Waals surface area (Å²) in [4.78, 5) is 14.6. The quantitative estimate of drug-likeness (QED) is 0.751. The molecule has 3 heteroatoms. The van der Waals surface area contributed by atoms with Crippen LogP contribution < -0.4 is 5.43 Å². The maximum atomic E-state index is 11.5. The third-order valence-electron chi connectivity index (χ3n) is 2.07. The average molecular weight is 238 g/mol. The normalized spacial score (nSPS) is 10.6. The number of rotatable bonds is 0. The molecule has 0 saturated carbocycles. The lowest BCUT2D eigenvalue weighted by Gasteiger charge is -2.02. The Balaban J connectivity index is 3.09. The number of hydrogen-bond donors (Lipinski definition) is 1. The Kier molecular flexibility index (Phi) is 1.96. The second kappa shape index (κ2) is 3.00. The first-order valence-electron chi connectivity index (χ1n) is 3.96. The molecule has 0 aliphatic carbocycles. The molecule has 1 aromatic carbocycles. The van der Waals surface area contributed by atoms with Gasteiger partial charge in [-0.15, -0.1) is 0 Å². The molecule has 0 aliphatic heterocycles. The van der Waals surface area contributed by atoms with E-state index in [1.807, 2.05) is 19.1 Å². The van der Waals surface area contributed by atoms with E-state index in [1.165, 1.54) is 6.07 Å². The number of halogens is 1. The van der Waals surface area contributed by atoms with Gasteiger partial charge in [0.15, 0.2) is 5.43 Å². The van der Waals surface area contributed by atoms with Crippen molar-refractivity contribution in [3.05, 3.63) is 44.7 Å². The Bertz CT molecular complexity index is 516. The molecule has 13 heavy (non-hydrogen) atoms. The van der Waals surface area contributed by atoms with Gasteiger partial charge in [0.05, 0.1) is 10.9 Å². The van der Waals surface area contributed by atoms with E-state index in [1.54, 1.807) is 6.20 Å². The van der Waals surface area contributed by atoms with Crippen molar-refractivity contribution in [2.45, 2.75) is 6.92 Å². The van der Waals surface area contributed by atoms with Crippen molar-refractivity contribution in [2.24, 2.45) is 0 Å². The predicted molar refractivity (Wildman–Crippen MR) is 57.0 cm³/mol. The molecule has 0 radical (unpaired) electrons. The van der Waals surface area contributed by atoms with Crippen LogP contribution in [0.2, 0.25) is 0 Å². The highest BCUT2D eigenvalue weighted by Gasteiger charge is 2.03. The summed E-state index contributed by atoms with van der Waals surface area (Å²) in [6.07, 6.45) is 1.67. The minimum atomic E-state index is 0.0457. The highest BCUT2D eigenvalue weighted by molar-refractivity contribution is 9.10. The Morgan fingerprint density at radius 1 is 1.31 bits per heavy atom. The van der Waals surface area contributed by atoms with Crippen LogP contribution in [0, 0.1) is 6.92 Å². The van der Waals surface area contributed by atoms with Gasteiger partial charge in [0.2, 0.25) is 0 Å². The molecule has 1 aromatic heterocycles. The van der Waals surface area contributed by atoms with Gasteiger partial charge in [0.25, 0.3) is 0 Å². The highest BCUT2D eigenvalue weighted by Crippen LogP contribution is 2.21. The fraction of sp³-hybridized carbons (Fsp3) is 0.100. The standard InChI is InChI=1S/C10H8BrNO/c1-6-2-3-7(11)9-8(13)4-5-12-10(6)9/h2-5H,1H3,(H,12,13). The lowest BCUT2D eigenvalue weighted by atomic mass is 10.1. The second-order valence-corrected chi connectivity index (χ2v) is 3.81. The summed E-state index contributed by atoms with van der Waals surface area (Å²) in [5, 5.41) is 0.725. The van der Waals surface area contributed by atoms with Gasteiger partial charge in [-0.2, -0.15) is 0 Å². The molecule has 2 rings (SSSR count). The molecule has 1 N–H and O–H groups in total. The molecule has 66 valence electrons. The molecule has 0 aliphatic rings. The summed E-state index contributed by atoms with van der Waals surface area (Å²) in [6, 6.07) is 5.40. The van der Waals surface area contributed by atoms with Gasteiger partial charge in [0.1, 0.15) is 0 Å². The van der Waals surface area contributed by atoms with Crippen molar-refractivity contribution < 1.29 is 0 Å². The molecule has 0 bridgehead atoms. The molecule has 0 spiro atoms. The van der Waals surface area contributed by atoms with E-state index in [2.05, 4.69) is 20.9 Å². The lowest BCUT2D eigenvalue weighted by Crippen LogP contribution is -2.01. The number of aryl methyl sites for hydroxylation is 1. The van der Waals surface area contributed by atoms with Crippen molar-refractivity contribution in [3.63, 3.8) is 0 Å². The number of pyridine rings is 1. The maximum Gasteiger partial charge on any atom is 0.190 e. The van der Waals surface area contributed by atoms with Crippen LogP contribution in [0.4, 0.5) is 0 Å². The molecule has 0 fully saturated rings. The van der Waals surface area contributed by atoms with Crippen molar-refractivity contribution in [3.8, 4) is 0 Å². The largest absolute Gasteiger partial charge is 0.361 e. The molecule has 0 saturated heterocycles. The van der Waals surface area contributed by atoms with Gasteiger partial charge in [-0.1, -0.05) is 6.07 Å². The van der Waals surface area contributed by atoms with Gasteiger partial charge in [-0.25, -0.2) is 0 Å². The topological polar surface area (TPSA) is 32.9 Å². The SMILES string of the molecule is Cc1ccc(Br)c2c(=O)cc[nH]c12. The van der Waals surface area contributed by atoms with E-state index in [4.69, 9.17) is 0 Å². The first kappa shape index (κ1) is 8.51. The van der Waals surface area contributed by atoms with Crippen LogP contribution in [0.1, 0.15) is 5.56 Å². The number of aromatic nitrogens is 1. The minimum Gasteiger partial charge on any atom is -0.361 e. The first-order valence-corrected chi connectivity index (χ1v) is 4.76. The van der Waals surface area contributed by atoms with E-state index in [9.17, 15) is 4.79 Å². The van der Waals surface area contributed by atoms with Crippen LogP contribution in [0.5, 0.6) is 0 Å². The molecule has 2 nitrogen and oxygen atoms in total. The fourth-order valence-electron chi connectivity index (χ4n) is 1.39. The summed E-state index contributed by atoms with van der Waals surface area (Å²) in [6.45, 7) is 1.98. The van der Waals surface area contributed by atoms with Crippen LogP contribution in [-0.2, 0) is 0 Å². The summed E-state index contributed by atoms with van der Waals surface area (Å²) >= 11 is 3.36. The van der Waals surface area contributed by atoms with Gasteiger partial charge >= 0.3 is 0 Å². The van der Waals surface area contributed by atoms with E-state index in [0.29, 0.717) is 0 Å². The average Bonchev–Trinajstić information content (AvgIpc) is 2.12. The zero-order chi connectivity index (χ0) is 9.42. The monoisotopic (exact) mass is 237 g/mol. The zero-order valence-corrected chi connectivity index (χ0v) is 8.68. The third kappa shape index (κ3) is 1.29. The Labute approximate surface area is 83.7 Å². The number of nitrogens with one attached hydrogen (secondary N) is 1. The summed E-state index contributed by atoms with van der Waals surface area (Å²) < 4.78 is 0.843. The van der Waals surface area contributed by atoms with E-state index >= 15 is 0 Å². The molecule has 0 atom stereocenters. The number of fused-ring (bicyclic) bond motifs is 1. The van der Waals surface area contributed by atoms with Crippen LogP contribution >= 0.6 is 15.9 Å². The number of hydrogen-bond acceptors (Lipinski definition) is 1. The van der Waals surface area contributed by atoms with Gasteiger partial charge in [0, 0.05) is 16.7 Å². The van der Waals surface area contributed by atoms with Crippen LogP contribution in [0.25, 0.3) is 10.9 Å². The van der Waals surface area contributed by atoms with E-state index in [-0.39, 0.29) is 5.43 Å². The summed E-state index contributed by atoms with van der Waals surface area (Å²) in [7, 11) is 0. The molecular weight excluding hydrogens is 230 g/mol. The first-order chi connectivity index (χ1) is 6.20. The summed E-state index contributed by atoms with van der Waals surface area (Å²) in [5.41, 5.74) is 2.03. The number of benzene rings is 1. The third-order valence-corrected chi connectivity index (χ3v) is 2.73. The maximum absolute atomic E-state index is 11.5. The van der Waals surface area contributed by atoms with Crippen LogP contribution in [0.15, 0.2) is 33.7 Å². The Morgan fingerprint density at radius 3 is 2.77 bits per heavy atom. The molecule has 0 amide bonds. The number of aromatic amines is 1. The van der Waals surface area contributed by atoms with Gasteiger partial charge in [-0.3, -0.25) is 4.79 Å². The second-order valence-electron chi connectivity index (χ2n) is 2.96. The van der Waals surface area contributed by atoms with Crippen molar-refractivity contribution in [1.82, 2.24) is 4.98 Å². The van der Waals surface area contributed by atoms with E-state index < -0.39 is 0 Å². The molecule has 2 aromatic rings. The summed E-state index contributed by atoms with van der Waals surface area (Å²) in [5.74, 6) is 0. The predicted octanol–water partition coefficient (Wildman–Crippen LogP) is 2.60. The van der Waals surface area contributed by atoms with Gasteiger partial charge < -0.3 is 4.98 Å². The number of H-pyrrole nitrogens is 1. The fourth-order valence-corrected chi connectivity index (χ4v) is 1.92. The van der Waals surface area contributed by atoms with Crippen LogP contribution in [-0.4, -0.2) is 4.98 Å². The smallest absolute Gasteiger partial charge is 0.190 e. The zero-order valence-electron chi connectivity index (χ0n) is 7.10. The van der Waals surface area contributed by atoms with E-state index in [0.717, 1.165) is 20.9 Å². The highest BCUT2D eigenvalue weighted by atomic mass is 79.9. The Hall–Kier alpha value is -1.09. The molecular formula is C10H8BrNO. The Morgan fingerprint density at radius 2 is 2.08 bits per heavy atom. The van der Waals surface area contributed by atoms with Gasteiger partial charge in [-0.05, 0) is 34.5 Å². The van der Waals surface area contributed by atoms with Crippen LogP contribution in [0.3, 0.4) is 0 Å². The van der Waals surface area contributed by atoms with Crippen molar-refractivity contribution in [2.75, 3.05) is 0 Å². The molecule has 0 unspecified atom stereocenters. The van der Waals surface area contributed by atoms with Crippen molar-refractivity contribution >= 4 is 26.8 Å². The molecule has 1 heterocycles.